The molecular formula is C29H35Cl2N3O4. The van der Waals surface area contributed by atoms with Gasteiger partial charge in [-0.15, -0.1) is 0 Å². The lowest BCUT2D eigenvalue weighted by molar-refractivity contribution is -0.137. The maximum Gasteiger partial charge on any atom is 0.305 e. The fourth-order valence-corrected chi connectivity index (χ4v) is 5.38. The molecule has 0 aromatic heterocycles. The molecule has 2 atom stereocenters. The van der Waals surface area contributed by atoms with Gasteiger partial charge in [-0.1, -0.05) is 62.5 Å². The number of benzene rings is 2. The molecule has 0 saturated carbocycles. The van der Waals surface area contributed by atoms with E-state index in [0.29, 0.717) is 39.2 Å². The Morgan fingerprint density at radius 1 is 1.08 bits per heavy atom. The maximum absolute atomic E-state index is 14.0. The molecule has 1 aliphatic heterocycles. The van der Waals surface area contributed by atoms with Crippen LogP contribution in [0.1, 0.15) is 87.3 Å². The van der Waals surface area contributed by atoms with Gasteiger partial charge in [-0.2, -0.15) is 0 Å². The van der Waals surface area contributed by atoms with Gasteiger partial charge in [0.25, 0.3) is 11.8 Å². The summed E-state index contributed by atoms with van der Waals surface area (Å²) in [5.74, 6) is -1.06. The molecule has 38 heavy (non-hydrogen) atoms. The second kappa shape index (κ2) is 12.8. The van der Waals surface area contributed by atoms with Gasteiger partial charge in [-0.3, -0.25) is 19.4 Å². The minimum Gasteiger partial charge on any atom is -0.481 e. The zero-order valence-electron chi connectivity index (χ0n) is 22.3. The van der Waals surface area contributed by atoms with Gasteiger partial charge in [-0.25, -0.2) is 0 Å². The Morgan fingerprint density at radius 3 is 2.26 bits per heavy atom. The summed E-state index contributed by atoms with van der Waals surface area (Å²) in [6, 6.07) is 11.9. The van der Waals surface area contributed by atoms with E-state index in [2.05, 4.69) is 26.1 Å². The highest BCUT2D eigenvalue weighted by molar-refractivity contribution is 6.47. The highest BCUT2D eigenvalue weighted by Crippen LogP contribution is 2.41. The Morgan fingerprint density at radius 2 is 1.71 bits per heavy atom. The van der Waals surface area contributed by atoms with Gasteiger partial charge in [0, 0.05) is 27.7 Å². The summed E-state index contributed by atoms with van der Waals surface area (Å²) in [7, 11) is 0. The summed E-state index contributed by atoms with van der Waals surface area (Å²) in [4.78, 5) is 44.1. The molecule has 3 rings (SSSR count). The molecule has 2 amide bonds. The van der Waals surface area contributed by atoms with E-state index in [0.717, 1.165) is 24.8 Å². The highest BCUT2D eigenvalue weighted by atomic mass is 35.5. The molecule has 0 radical (unpaired) electrons. The van der Waals surface area contributed by atoms with Crippen molar-refractivity contribution in [1.29, 1.82) is 0 Å². The van der Waals surface area contributed by atoms with Crippen LogP contribution in [0.15, 0.2) is 47.5 Å². The molecule has 9 heteroatoms. The maximum atomic E-state index is 14.0. The number of rotatable bonds is 12. The number of hydrogen-bond acceptors (Lipinski definition) is 4. The van der Waals surface area contributed by atoms with Crippen LogP contribution in [0.3, 0.4) is 0 Å². The zero-order chi connectivity index (χ0) is 28.0. The number of carboxylic acid groups (broad SMARTS) is 1. The number of nitrogens with one attached hydrogen (secondary N) is 1. The molecule has 0 saturated heterocycles. The molecule has 0 aliphatic carbocycles. The van der Waals surface area contributed by atoms with Crippen molar-refractivity contribution in [1.82, 2.24) is 10.2 Å². The van der Waals surface area contributed by atoms with Crippen LogP contribution in [0, 0.1) is 5.92 Å². The van der Waals surface area contributed by atoms with Crippen LogP contribution >= 0.6 is 23.2 Å². The van der Waals surface area contributed by atoms with Gasteiger partial charge >= 0.3 is 5.97 Å². The third-order valence-electron chi connectivity index (χ3n) is 6.66. The summed E-state index contributed by atoms with van der Waals surface area (Å²) in [5, 5.41) is 12.3. The van der Waals surface area contributed by atoms with Crippen molar-refractivity contribution < 1.29 is 19.5 Å². The average Bonchev–Trinajstić information content (AvgIpc) is 3.09. The molecule has 0 bridgehead atoms. The Bertz CT molecular complexity index is 1190. The van der Waals surface area contributed by atoms with Crippen molar-refractivity contribution in [2.45, 2.75) is 71.5 Å². The molecular weight excluding hydrogens is 525 g/mol. The van der Waals surface area contributed by atoms with E-state index in [1.807, 2.05) is 24.0 Å². The summed E-state index contributed by atoms with van der Waals surface area (Å²) in [6.45, 7) is 8.40. The summed E-state index contributed by atoms with van der Waals surface area (Å²) < 4.78 is 0. The lowest BCUT2D eigenvalue weighted by atomic mass is 9.92. The molecule has 1 heterocycles. The van der Waals surface area contributed by atoms with Crippen molar-refractivity contribution in [3.05, 3.63) is 69.2 Å². The number of aliphatic imine (C=N–C) groups is 1. The number of carboxylic acids is 1. The van der Waals surface area contributed by atoms with Crippen LogP contribution in [-0.2, 0) is 9.59 Å². The Kier molecular flexibility index (Phi) is 9.96. The number of amides is 2. The molecule has 204 valence electrons. The smallest absolute Gasteiger partial charge is 0.305 e. The van der Waals surface area contributed by atoms with E-state index >= 15 is 0 Å². The number of carbonyl (C=O) groups is 3. The highest BCUT2D eigenvalue weighted by Gasteiger charge is 2.47. The molecule has 0 fully saturated rings. The third kappa shape index (κ3) is 7.14. The predicted molar refractivity (Wildman–Crippen MR) is 151 cm³/mol. The lowest BCUT2D eigenvalue weighted by Crippen LogP contribution is -2.47. The fourth-order valence-electron chi connectivity index (χ4n) is 4.86. The minimum atomic E-state index is -0.972. The summed E-state index contributed by atoms with van der Waals surface area (Å²) in [5.41, 5.74) is 1.51. The molecule has 2 aromatic rings. The number of aliphatic carboxylic acids is 1. The molecule has 2 aromatic carbocycles. The average molecular weight is 561 g/mol. The van der Waals surface area contributed by atoms with Gasteiger partial charge in [0.05, 0.1) is 12.5 Å². The minimum absolute atomic E-state index is 0.0538. The lowest BCUT2D eigenvalue weighted by Gasteiger charge is -2.40. The Labute approximate surface area is 234 Å². The Balaban J connectivity index is 1.97. The van der Waals surface area contributed by atoms with Crippen LogP contribution in [0.5, 0.6) is 0 Å². The predicted octanol–water partition coefficient (Wildman–Crippen LogP) is 6.52. The fraction of sp³-hybridized carbons (Fsp3) is 0.448. The monoisotopic (exact) mass is 559 g/mol. The zero-order valence-corrected chi connectivity index (χ0v) is 23.8. The van der Waals surface area contributed by atoms with Crippen LogP contribution in [0.4, 0.5) is 0 Å². The second-order valence-corrected chi connectivity index (χ2v) is 11.1. The van der Waals surface area contributed by atoms with E-state index < -0.39 is 11.6 Å². The molecule has 7 nitrogen and oxygen atoms in total. The summed E-state index contributed by atoms with van der Waals surface area (Å²) >= 11 is 12.5. The van der Waals surface area contributed by atoms with Crippen molar-refractivity contribution in [2.24, 2.45) is 10.9 Å². The molecule has 0 spiro atoms. The van der Waals surface area contributed by atoms with Gasteiger partial charge in [0.15, 0.2) is 0 Å². The van der Waals surface area contributed by atoms with Crippen LogP contribution in [0.25, 0.3) is 0 Å². The van der Waals surface area contributed by atoms with Crippen LogP contribution in [-0.4, -0.2) is 45.7 Å². The summed E-state index contributed by atoms with van der Waals surface area (Å²) in [6.07, 6.45) is 2.99. The first-order valence-corrected chi connectivity index (χ1v) is 13.7. The van der Waals surface area contributed by atoms with Gasteiger partial charge in [0.2, 0.25) is 0 Å². The number of carbonyl (C=O) groups excluding carboxylic acids is 2. The first-order chi connectivity index (χ1) is 17.9. The van der Waals surface area contributed by atoms with Gasteiger partial charge < -0.3 is 15.3 Å². The SMILES string of the molecule is CCCC1(C)N=C(c2cc(Cl)cc(Cl)c2)C(=O)N1C(CCC(C)C)c1ccc(C(=O)NCCC(=O)O)cc1. The van der Waals surface area contributed by atoms with E-state index in [-0.39, 0.29) is 30.8 Å². The topological polar surface area (TPSA) is 99.1 Å². The van der Waals surface area contributed by atoms with Crippen molar-refractivity contribution in [3.63, 3.8) is 0 Å². The van der Waals surface area contributed by atoms with Crippen LogP contribution in [0.2, 0.25) is 10.0 Å². The first-order valence-electron chi connectivity index (χ1n) is 12.9. The van der Waals surface area contributed by atoms with E-state index in [1.54, 1.807) is 30.3 Å². The number of hydrogen-bond donors (Lipinski definition) is 2. The molecule has 1 aliphatic rings. The first kappa shape index (κ1) is 29.7. The van der Waals surface area contributed by atoms with Crippen molar-refractivity contribution in [3.8, 4) is 0 Å². The van der Waals surface area contributed by atoms with Crippen molar-refractivity contribution >= 4 is 46.7 Å². The van der Waals surface area contributed by atoms with Gasteiger partial charge in [0.1, 0.15) is 11.4 Å². The molecule has 2 unspecified atom stereocenters. The van der Waals surface area contributed by atoms with E-state index in [9.17, 15) is 14.4 Å². The largest absolute Gasteiger partial charge is 0.481 e. The van der Waals surface area contributed by atoms with E-state index in [1.165, 1.54) is 0 Å². The second-order valence-electron chi connectivity index (χ2n) is 10.3. The quantitative estimate of drug-likeness (QED) is 0.309. The standard InChI is InChI=1S/C29H35Cl2N3O4/c1-5-13-29(4)33-26(21-15-22(30)17-23(31)16-21)28(38)34(29)24(11-6-18(2)3)19-7-9-20(10-8-19)27(37)32-14-12-25(35)36/h7-10,15-18,24H,5-6,11-14H2,1-4H3,(H,32,37)(H,35,36). The van der Waals surface area contributed by atoms with Crippen molar-refractivity contribution in [2.75, 3.05) is 6.54 Å². The van der Waals surface area contributed by atoms with Gasteiger partial charge in [-0.05, 0) is 68.0 Å². The number of halogens is 2. The molecule has 2 N–H and O–H groups in total. The third-order valence-corrected chi connectivity index (χ3v) is 7.10. The number of nitrogens with zero attached hydrogens (tertiary/aromatic N) is 2. The van der Waals surface area contributed by atoms with E-state index in [4.69, 9.17) is 33.3 Å². The normalized spacial score (nSPS) is 18.0. The van der Waals surface area contributed by atoms with Crippen LogP contribution < -0.4 is 5.32 Å². The Hall–Kier alpha value is -2.90.